The average molecular weight is 303 g/mol. The minimum atomic E-state index is -3.58. The third-order valence-corrected chi connectivity index (χ3v) is 5.37. The predicted molar refractivity (Wildman–Crippen MR) is 72.1 cm³/mol. The molecule has 1 fully saturated rings. The molecule has 1 unspecified atom stereocenters. The van der Waals surface area contributed by atoms with E-state index in [1.807, 2.05) is 0 Å². The van der Waals surface area contributed by atoms with E-state index in [2.05, 4.69) is 0 Å². The van der Waals surface area contributed by atoms with E-state index in [4.69, 9.17) is 17.3 Å². The lowest BCUT2D eigenvalue weighted by Gasteiger charge is -2.30. The van der Waals surface area contributed by atoms with Crippen LogP contribution in [0.3, 0.4) is 0 Å². The highest BCUT2D eigenvalue weighted by atomic mass is 35.5. The first-order valence-corrected chi connectivity index (χ1v) is 7.78. The molecule has 0 spiro atoms. The van der Waals surface area contributed by atoms with Crippen molar-refractivity contribution >= 4 is 27.5 Å². The second-order valence-electron chi connectivity index (χ2n) is 4.56. The molecule has 1 aromatic rings. The van der Waals surface area contributed by atoms with Gasteiger partial charge in [0.25, 0.3) is 0 Å². The molecule has 1 aromatic carbocycles. The summed E-state index contributed by atoms with van der Waals surface area (Å²) in [5, 5.41) is 0.479. The molecule has 1 aliphatic rings. The van der Waals surface area contributed by atoms with Crippen LogP contribution in [0.25, 0.3) is 0 Å². The van der Waals surface area contributed by atoms with Crippen LogP contribution in [0.15, 0.2) is 29.2 Å². The number of rotatable bonds is 3. The number of carbonyl (C=O) groups is 1. The smallest absolute Gasteiger partial charge is 0.243 e. The molecule has 1 saturated heterocycles. The van der Waals surface area contributed by atoms with Gasteiger partial charge in [0.1, 0.15) is 0 Å². The van der Waals surface area contributed by atoms with Crippen LogP contribution >= 0.6 is 11.6 Å². The molecule has 1 heterocycles. The van der Waals surface area contributed by atoms with E-state index in [0.717, 1.165) is 0 Å². The minimum Gasteiger partial charge on any atom is -0.369 e. The van der Waals surface area contributed by atoms with E-state index in [0.29, 0.717) is 24.4 Å². The first kappa shape index (κ1) is 14.3. The number of nitrogens with two attached hydrogens (primary N) is 1. The molecule has 1 aliphatic heterocycles. The molecule has 0 aromatic heterocycles. The summed E-state index contributed by atoms with van der Waals surface area (Å²) in [5.41, 5.74) is 5.25. The van der Waals surface area contributed by atoms with E-state index in [9.17, 15) is 13.2 Å². The van der Waals surface area contributed by atoms with E-state index in [1.165, 1.54) is 28.6 Å². The highest BCUT2D eigenvalue weighted by Gasteiger charge is 2.32. The quantitative estimate of drug-likeness (QED) is 0.912. The fraction of sp³-hybridized carbons (Fsp3) is 0.417. The van der Waals surface area contributed by atoms with Gasteiger partial charge >= 0.3 is 0 Å². The lowest BCUT2D eigenvalue weighted by atomic mass is 9.99. The molecule has 0 saturated carbocycles. The standard InChI is InChI=1S/C12H15ClN2O3S/c13-10-3-5-11(6-4-10)19(17,18)15-7-1-2-9(8-15)12(14)16/h3-6,9H,1-2,7-8H2,(H2,14,16). The van der Waals surface area contributed by atoms with Gasteiger partial charge in [0.15, 0.2) is 0 Å². The monoisotopic (exact) mass is 302 g/mol. The van der Waals surface area contributed by atoms with Crippen LogP contribution in [-0.4, -0.2) is 31.7 Å². The summed E-state index contributed by atoms with van der Waals surface area (Å²) in [7, 11) is -3.58. The van der Waals surface area contributed by atoms with Gasteiger partial charge in [0.05, 0.1) is 10.8 Å². The molecule has 0 bridgehead atoms. The summed E-state index contributed by atoms with van der Waals surface area (Å²) in [6.45, 7) is 0.565. The van der Waals surface area contributed by atoms with Crippen LogP contribution in [0, 0.1) is 5.92 Å². The number of amides is 1. The van der Waals surface area contributed by atoms with Crippen molar-refractivity contribution < 1.29 is 13.2 Å². The van der Waals surface area contributed by atoms with E-state index in [-0.39, 0.29) is 11.4 Å². The average Bonchev–Trinajstić information content (AvgIpc) is 2.39. The predicted octanol–water partition coefficient (Wildman–Crippen LogP) is 1.23. The van der Waals surface area contributed by atoms with E-state index < -0.39 is 21.8 Å². The number of hydrogen-bond donors (Lipinski definition) is 1. The van der Waals surface area contributed by atoms with Crippen molar-refractivity contribution in [2.45, 2.75) is 17.7 Å². The Labute approximate surface area is 117 Å². The zero-order valence-electron chi connectivity index (χ0n) is 10.3. The van der Waals surface area contributed by atoms with E-state index >= 15 is 0 Å². The lowest BCUT2D eigenvalue weighted by molar-refractivity contribution is -0.122. The zero-order chi connectivity index (χ0) is 14.0. The Morgan fingerprint density at radius 2 is 1.95 bits per heavy atom. The highest BCUT2D eigenvalue weighted by molar-refractivity contribution is 7.89. The van der Waals surface area contributed by atoms with Crippen LogP contribution in [0.5, 0.6) is 0 Å². The second-order valence-corrected chi connectivity index (χ2v) is 6.93. The maximum Gasteiger partial charge on any atom is 0.243 e. The summed E-state index contributed by atoms with van der Waals surface area (Å²) < 4.78 is 26.1. The molecule has 0 aliphatic carbocycles. The van der Waals surface area contributed by atoms with Crippen molar-refractivity contribution in [1.82, 2.24) is 4.31 Å². The topological polar surface area (TPSA) is 80.5 Å². The van der Waals surface area contributed by atoms with Crippen LogP contribution in [-0.2, 0) is 14.8 Å². The Kier molecular flexibility index (Phi) is 4.13. The van der Waals surface area contributed by atoms with Crippen molar-refractivity contribution in [3.63, 3.8) is 0 Å². The molecule has 7 heteroatoms. The SMILES string of the molecule is NC(=O)C1CCCN(S(=O)(=O)c2ccc(Cl)cc2)C1. The number of primary amides is 1. The lowest BCUT2D eigenvalue weighted by Crippen LogP contribution is -2.43. The molecule has 5 nitrogen and oxygen atoms in total. The zero-order valence-corrected chi connectivity index (χ0v) is 11.8. The molecule has 1 atom stereocenters. The first-order valence-electron chi connectivity index (χ1n) is 5.96. The van der Waals surface area contributed by atoms with Crippen molar-refractivity contribution in [2.75, 3.05) is 13.1 Å². The van der Waals surface area contributed by atoms with Crippen LogP contribution in [0.4, 0.5) is 0 Å². The summed E-state index contributed by atoms with van der Waals surface area (Å²) >= 11 is 5.74. The summed E-state index contributed by atoms with van der Waals surface area (Å²) in [6, 6.07) is 5.99. The molecular weight excluding hydrogens is 288 g/mol. The second kappa shape index (κ2) is 5.48. The number of carbonyl (C=O) groups excluding carboxylic acids is 1. The Morgan fingerprint density at radius 1 is 1.32 bits per heavy atom. The van der Waals surface area contributed by atoms with Gasteiger partial charge in [-0.05, 0) is 37.1 Å². The van der Waals surface area contributed by atoms with Gasteiger partial charge < -0.3 is 5.73 Å². The first-order chi connectivity index (χ1) is 8.91. The number of halogens is 1. The van der Waals surface area contributed by atoms with Gasteiger partial charge in [-0.2, -0.15) is 4.31 Å². The third-order valence-electron chi connectivity index (χ3n) is 3.24. The number of hydrogen-bond acceptors (Lipinski definition) is 3. The molecule has 2 rings (SSSR count). The largest absolute Gasteiger partial charge is 0.369 e. The maximum atomic E-state index is 12.4. The summed E-state index contributed by atoms with van der Waals surface area (Å²) in [5.74, 6) is -0.855. The molecule has 19 heavy (non-hydrogen) atoms. The van der Waals surface area contributed by atoms with Gasteiger partial charge in [-0.15, -0.1) is 0 Å². The number of sulfonamides is 1. The Morgan fingerprint density at radius 3 is 2.53 bits per heavy atom. The van der Waals surface area contributed by atoms with Crippen molar-refractivity contribution in [1.29, 1.82) is 0 Å². The van der Waals surface area contributed by atoms with Crippen LogP contribution in [0.2, 0.25) is 5.02 Å². The van der Waals surface area contributed by atoms with Crippen molar-refractivity contribution in [3.8, 4) is 0 Å². The molecule has 1 amide bonds. The normalized spacial score (nSPS) is 21.2. The molecule has 0 radical (unpaired) electrons. The van der Waals surface area contributed by atoms with Gasteiger partial charge in [-0.1, -0.05) is 11.6 Å². The number of benzene rings is 1. The molecule has 2 N–H and O–H groups in total. The Hall–Kier alpha value is -1.11. The van der Waals surface area contributed by atoms with Crippen molar-refractivity contribution in [3.05, 3.63) is 29.3 Å². The van der Waals surface area contributed by atoms with Gasteiger partial charge in [-0.3, -0.25) is 4.79 Å². The van der Waals surface area contributed by atoms with Gasteiger partial charge in [-0.25, -0.2) is 8.42 Å². The summed E-state index contributed by atoms with van der Waals surface area (Å²) in [6.07, 6.45) is 1.28. The van der Waals surface area contributed by atoms with Crippen LogP contribution < -0.4 is 5.73 Å². The highest BCUT2D eigenvalue weighted by Crippen LogP contribution is 2.24. The Balaban J connectivity index is 2.24. The van der Waals surface area contributed by atoms with Gasteiger partial charge in [0, 0.05) is 18.1 Å². The third kappa shape index (κ3) is 3.08. The van der Waals surface area contributed by atoms with Gasteiger partial charge in [0.2, 0.25) is 15.9 Å². The molecule has 104 valence electrons. The number of nitrogens with zero attached hydrogens (tertiary/aromatic N) is 1. The Bertz CT molecular complexity index is 571. The fourth-order valence-electron chi connectivity index (χ4n) is 2.15. The number of piperidine rings is 1. The van der Waals surface area contributed by atoms with Crippen LogP contribution in [0.1, 0.15) is 12.8 Å². The van der Waals surface area contributed by atoms with E-state index in [1.54, 1.807) is 0 Å². The van der Waals surface area contributed by atoms with Crippen molar-refractivity contribution in [2.24, 2.45) is 11.7 Å². The summed E-state index contributed by atoms with van der Waals surface area (Å²) in [4.78, 5) is 11.4. The maximum absolute atomic E-state index is 12.4. The minimum absolute atomic E-state index is 0.153. The molecular formula is C12H15ClN2O3S. The fourth-order valence-corrected chi connectivity index (χ4v) is 3.80.